The molecule has 2 aromatic rings. The zero-order valence-electron chi connectivity index (χ0n) is 10.5. The number of rotatable bonds is 3. The predicted octanol–water partition coefficient (Wildman–Crippen LogP) is 3.07. The quantitative estimate of drug-likeness (QED) is 0.807. The van der Waals surface area contributed by atoms with Crippen LogP contribution in [-0.2, 0) is 6.54 Å². The number of benzene rings is 2. The molecule has 0 aliphatic heterocycles. The molecule has 0 aliphatic carbocycles. The van der Waals surface area contributed by atoms with Gasteiger partial charge in [-0.25, -0.2) is 13.6 Å². The van der Waals surface area contributed by atoms with Crippen molar-refractivity contribution in [2.24, 2.45) is 5.73 Å². The van der Waals surface area contributed by atoms with E-state index in [9.17, 15) is 13.6 Å². The number of amides is 2. The van der Waals surface area contributed by atoms with Gasteiger partial charge < -0.3 is 16.4 Å². The zero-order valence-corrected chi connectivity index (χ0v) is 10.5. The number of hydrogen-bond acceptors (Lipinski definition) is 2. The fourth-order valence-electron chi connectivity index (χ4n) is 1.69. The van der Waals surface area contributed by atoms with Crippen LogP contribution in [0.1, 0.15) is 5.56 Å². The Labute approximate surface area is 114 Å². The Morgan fingerprint density at radius 2 is 1.75 bits per heavy atom. The second kappa shape index (κ2) is 6.12. The molecule has 0 heterocycles. The van der Waals surface area contributed by atoms with E-state index in [-0.39, 0.29) is 12.2 Å². The molecule has 2 aromatic carbocycles. The van der Waals surface area contributed by atoms with E-state index in [1.165, 1.54) is 36.4 Å². The monoisotopic (exact) mass is 277 g/mol. The molecule has 104 valence electrons. The van der Waals surface area contributed by atoms with Gasteiger partial charge in [-0.15, -0.1) is 0 Å². The largest absolute Gasteiger partial charge is 0.326 e. The van der Waals surface area contributed by atoms with Crippen LogP contribution in [0.2, 0.25) is 0 Å². The first-order valence-electron chi connectivity index (χ1n) is 5.91. The Morgan fingerprint density at radius 1 is 1.05 bits per heavy atom. The number of carbonyl (C=O) groups is 1. The highest BCUT2D eigenvalue weighted by Crippen LogP contribution is 2.18. The van der Waals surface area contributed by atoms with Crippen molar-refractivity contribution in [2.75, 3.05) is 10.6 Å². The molecule has 0 bridgehead atoms. The Hall–Kier alpha value is -2.47. The maximum Gasteiger partial charge on any atom is 0.323 e. The molecule has 4 nitrogen and oxygen atoms in total. The van der Waals surface area contributed by atoms with Crippen LogP contribution in [0.25, 0.3) is 0 Å². The van der Waals surface area contributed by atoms with Crippen LogP contribution in [-0.4, -0.2) is 6.03 Å². The summed E-state index contributed by atoms with van der Waals surface area (Å²) in [5.41, 5.74) is 6.36. The summed E-state index contributed by atoms with van der Waals surface area (Å²) >= 11 is 0. The van der Waals surface area contributed by atoms with E-state index < -0.39 is 17.7 Å². The van der Waals surface area contributed by atoms with E-state index >= 15 is 0 Å². The Bertz CT molecular complexity index is 632. The summed E-state index contributed by atoms with van der Waals surface area (Å²) in [6, 6.07) is 9.00. The minimum absolute atomic E-state index is 0.0569. The topological polar surface area (TPSA) is 67.1 Å². The maximum absolute atomic E-state index is 13.4. The Kier molecular flexibility index (Phi) is 4.27. The molecule has 0 radical (unpaired) electrons. The summed E-state index contributed by atoms with van der Waals surface area (Å²) in [6.45, 7) is 0.0765. The number of nitrogens with two attached hydrogens (primary N) is 1. The van der Waals surface area contributed by atoms with Crippen molar-refractivity contribution < 1.29 is 13.6 Å². The lowest BCUT2D eigenvalue weighted by Gasteiger charge is -2.11. The van der Waals surface area contributed by atoms with Crippen molar-refractivity contribution in [3.8, 4) is 0 Å². The van der Waals surface area contributed by atoms with Crippen LogP contribution < -0.4 is 16.4 Å². The van der Waals surface area contributed by atoms with Crippen LogP contribution in [0.3, 0.4) is 0 Å². The van der Waals surface area contributed by atoms with Gasteiger partial charge in [0.25, 0.3) is 0 Å². The molecule has 0 spiro atoms. The summed E-state index contributed by atoms with van der Waals surface area (Å²) < 4.78 is 26.4. The normalized spacial score (nSPS) is 10.2. The highest BCUT2D eigenvalue weighted by atomic mass is 19.1. The van der Waals surface area contributed by atoms with Crippen LogP contribution in [0.15, 0.2) is 42.5 Å². The van der Waals surface area contributed by atoms with Gasteiger partial charge in [0.1, 0.15) is 11.6 Å². The van der Waals surface area contributed by atoms with Gasteiger partial charge >= 0.3 is 6.03 Å². The van der Waals surface area contributed by atoms with Gasteiger partial charge in [0.05, 0.1) is 5.69 Å². The minimum atomic E-state index is -0.628. The first kappa shape index (κ1) is 14.0. The second-order valence-corrected chi connectivity index (χ2v) is 4.06. The first-order valence-corrected chi connectivity index (χ1v) is 5.91. The second-order valence-electron chi connectivity index (χ2n) is 4.06. The molecule has 0 aliphatic rings. The lowest BCUT2D eigenvalue weighted by molar-refractivity contribution is 0.262. The van der Waals surface area contributed by atoms with Crippen LogP contribution in [0, 0.1) is 11.6 Å². The van der Waals surface area contributed by atoms with Gasteiger partial charge in [-0.2, -0.15) is 0 Å². The molecule has 20 heavy (non-hydrogen) atoms. The number of halogens is 2. The third-order valence-electron chi connectivity index (χ3n) is 2.66. The lowest BCUT2D eigenvalue weighted by Crippen LogP contribution is -2.21. The van der Waals surface area contributed by atoms with Crippen molar-refractivity contribution in [3.05, 3.63) is 59.7 Å². The van der Waals surface area contributed by atoms with E-state index in [0.717, 1.165) is 0 Å². The van der Waals surface area contributed by atoms with Crippen molar-refractivity contribution >= 4 is 17.4 Å². The molecule has 0 saturated carbocycles. The molecule has 0 fully saturated rings. The third kappa shape index (κ3) is 3.30. The van der Waals surface area contributed by atoms with Crippen molar-refractivity contribution in [1.82, 2.24) is 0 Å². The molecular formula is C14H13F2N3O. The molecule has 4 N–H and O–H groups in total. The minimum Gasteiger partial charge on any atom is -0.326 e. The number of anilines is 2. The van der Waals surface area contributed by atoms with Crippen molar-refractivity contribution in [2.45, 2.75) is 6.54 Å². The van der Waals surface area contributed by atoms with E-state index in [2.05, 4.69) is 10.6 Å². The lowest BCUT2D eigenvalue weighted by atomic mass is 10.1. The van der Waals surface area contributed by atoms with E-state index in [0.29, 0.717) is 11.3 Å². The van der Waals surface area contributed by atoms with Gasteiger partial charge in [-0.3, -0.25) is 0 Å². The Morgan fingerprint density at radius 3 is 2.45 bits per heavy atom. The summed E-state index contributed by atoms with van der Waals surface area (Å²) in [5, 5.41) is 4.87. The summed E-state index contributed by atoms with van der Waals surface area (Å²) in [5.74, 6) is -0.980. The number of hydrogen-bond donors (Lipinski definition) is 3. The smallest absolute Gasteiger partial charge is 0.323 e. The zero-order chi connectivity index (χ0) is 14.5. The van der Waals surface area contributed by atoms with Gasteiger partial charge in [0.15, 0.2) is 0 Å². The number of para-hydroxylation sites is 1. The molecular weight excluding hydrogens is 264 g/mol. The standard InChI is InChI=1S/C14H13F2N3O/c15-10-5-6-12(9(7-10)8-17)18-14(20)19-13-4-2-1-3-11(13)16/h1-7H,8,17H2,(H2,18,19,20). The van der Waals surface area contributed by atoms with Gasteiger partial charge in [-0.1, -0.05) is 12.1 Å². The molecule has 2 rings (SSSR count). The molecule has 0 atom stereocenters. The SMILES string of the molecule is NCc1cc(F)ccc1NC(=O)Nc1ccccc1F. The van der Waals surface area contributed by atoms with E-state index in [4.69, 9.17) is 5.73 Å². The van der Waals surface area contributed by atoms with Gasteiger partial charge in [0, 0.05) is 12.2 Å². The molecule has 0 saturated heterocycles. The average Bonchev–Trinajstić information content (AvgIpc) is 2.43. The maximum atomic E-state index is 13.4. The summed E-state index contributed by atoms with van der Waals surface area (Å²) in [7, 11) is 0. The van der Waals surface area contributed by atoms with Gasteiger partial charge in [-0.05, 0) is 35.9 Å². The van der Waals surface area contributed by atoms with Crippen molar-refractivity contribution in [3.63, 3.8) is 0 Å². The van der Waals surface area contributed by atoms with Crippen LogP contribution >= 0.6 is 0 Å². The molecule has 0 unspecified atom stereocenters. The number of urea groups is 1. The Balaban J connectivity index is 2.11. The fourth-order valence-corrected chi connectivity index (χ4v) is 1.69. The van der Waals surface area contributed by atoms with E-state index in [1.807, 2.05) is 0 Å². The highest BCUT2D eigenvalue weighted by Gasteiger charge is 2.09. The summed E-state index contributed by atoms with van der Waals surface area (Å²) in [4.78, 5) is 11.8. The average molecular weight is 277 g/mol. The highest BCUT2D eigenvalue weighted by molar-refractivity contribution is 6.00. The predicted molar refractivity (Wildman–Crippen MR) is 73.3 cm³/mol. The summed E-state index contributed by atoms with van der Waals surface area (Å²) in [6.07, 6.45) is 0. The van der Waals surface area contributed by atoms with Crippen LogP contribution in [0.4, 0.5) is 25.0 Å². The fraction of sp³-hybridized carbons (Fsp3) is 0.0714. The number of nitrogens with one attached hydrogen (secondary N) is 2. The molecule has 2 amide bonds. The van der Waals surface area contributed by atoms with Crippen molar-refractivity contribution in [1.29, 1.82) is 0 Å². The molecule has 0 aromatic heterocycles. The van der Waals surface area contributed by atoms with Crippen LogP contribution in [0.5, 0.6) is 0 Å². The number of carbonyl (C=O) groups excluding carboxylic acids is 1. The molecule has 6 heteroatoms. The third-order valence-corrected chi connectivity index (χ3v) is 2.66. The van der Waals surface area contributed by atoms with E-state index in [1.54, 1.807) is 6.07 Å². The van der Waals surface area contributed by atoms with Gasteiger partial charge in [0.2, 0.25) is 0 Å². The first-order chi connectivity index (χ1) is 9.60.